The smallest absolute Gasteiger partial charge is 0.254 e. The summed E-state index contributed by atoms with van der Waals surface area (Å²) in [6.45, 7) is 4.76. The number of benzene rings is 1. The molecule has 0 spiro atoms. The Bertz CT molecular complexity index is 864. The Morgan fingerprint density at radius 1 is 1.44 bits per heavy atom. The first-order chi connectivity index (χ1) is 13.1. The van der Waals surface area contributed by atoms with Gasteiger partial charge < -0.3 is 14.4 Å². The Morgan fingerprint density at radius 2 is 2.30 bits per heavy atom. The second-order valence-electron chi connectivity index (χ2n) is 6.93. The summed E-state index contributed by atoms with van der Waals surface area (Å²) in [7, 11) is 1.41. The van der Waals surface area contributed by atoms with Gasteiger partial charge >= 0.3 is 0 Å². The van der Waals surface area contributed by atoms with Gasteiger partial charge in [-0.15, -0.1) is 0 Å². The van der Waals surface area contributed by atoms with Crippen molar-refractivity contribution in [3.05, 3.63) is 46.5 Å². The molecule has 2 aliphatic heterocycles. The van der Waals surface area contributed by atoms with E-state index in [1.54, 1.807) is 6.07 Å². The van der Waals surface area contributed by atoms with Crippen LogP contribution < -0.4 is 4.74 Å². The van der Waals surface area contributed by atoms with Gasteiger partial charge in [0.2, 0.25) is 0 Å². The maximum absolute atomic E-state index is 14.1. The van der Waals surface area contributed by atoms with Gasteiger partial charge in [-0.3, -0.25) is 9.48 Å². The van der Waals surface area contributed by atoms with Gasteiger partial charge in [-0.2, -0.15) is 5.10 Å². The number of carbonyl (C=O) groups excluding carboxylic acids is 1. The van der Waals surface area contributed by atoms with Crippen LogP contribution in [0.4, 0.5) is 4.39 Å². The fourth-order valence-electron chi connectivity index (χ4n) is 4.12. The first-order valence-electron chi connectivity index (χ1n) is 9.44. The quantitative estimate of drug-likeness (QED) is 0.826. The molecule has 144 valence electrons. The molecule has 3 heterocycles. The van der Waals surface area contributed by atoms with Crippen LogP contribution in [0.5, 0.6) is 5.75 Å². The third-order valence-corrected chi connectivity index (χ3v) is 5.45. The van der Waals surface area contributed by atoms with Gasteiger partial charge in [0.05, 0.1) is 32.1 Å². The standard InChI is InChI=1S/C20H24FN3O3/c1-3-24-16-8-10-27-12-14(16)19(22-24)17-5-4-9-23(17)20(25)13-6-7-18(26-2)15(21)11-13/h6-7,11,17H,3-5,8-10,12H2,1-2H3. The molecule has 1 amide bonds. The molecule has 1 saturated heterocycles. The molecule has 0 radical (unpaired) electrons. The number of amides is 1. The molecule has 1 unspecified atom stereocenters. The summed E-state index contributed by atoms with van der Waals surface area (Å²) in [5, 5.41) is 4.81. The Kier molecular flexibility index (Phi) is 4.86. The van der Waals surface area contributed by atoms with E-state index < -0.39 is 5.82 Å². The molecule has 1 aromatic carbocycles. The highest BCUT2D eigenvalue weighted by Crippen LogP contribution is 2.37. The first-order valence-corrected chi connectivity index (χ1v) is 9.44. The number of nitrogens with zero attached hydrogens (tertiary/aromatic N) is 3. The number of methoxy groups -OCH3 is 1. The van der Waals surface area contributed by atoms with Gasteiger partial charge in [-0.05, 0) is 38.0 Å². The van der Waals surface area contributed by atoms with E-state index in [1.165, 1.54) is 24.9 Å². The van der Waals surface area contributed by atoms with E-state index in [1.807, 2.05) is 9.58 Å². The first kappa shape index (κ1) is 18.0. The van der Waals surface area contributed by atoms with Crippen LogP contribution in [0, 0.1) is 5.82 Å². The van der Waals surface area contributed by atoms with E-state index in [4.69, 9.17) is 14.6 Å². The van der Waals surface area contributed by atoms with Crippen molar-refractivity contribution < 1.29 is 18.7 Å². The van der Waals surface area contributed by atoms with Gasteiger partial charge in [0.1, 0.15) is 0 Å². The van der Waals surface area contributed by atoms with Crippen molar-refractivity contribution in [3.63, 3.8) is 0 Å². The predicted molar refractivity (Wildman–Crippen MR) is 97.2 cm³/mol. The SMILES string of the molecule is CCn1nc(C2CCCN2C(=O)c2ccc(OC)c(F)c2)c2c1CCOC2. The number of halogens is 1. The van der Waals surface area contributed by atoms with Gasteiger partial charge in [0.15, 0.2) is 11.6 Å². The summed E-state index contributed by atoms with van der Waals surface area (Å²) in [5.74, 6) is -0.562. The lowest BCUT2D eigenvalue weighted by molar-refractivity contribution is 0.0725. The van der Waals surface area contributed by atoms with E-state index in [0.717, 1.165) is 37.1 Å². The average Bonchev–Trinajstić information content (AvgIpc) is 3.31. The molecule has 0 bridgehead atoms. The Hall–Kier alpha value is -2.41. The summed E-state index contributed by atoms with van der Waals surface area (Å²) in [6.07, 6.45) is 2.61. The zero-order valence-corrected chi connectivity index (χ0v) is 15.7. The molecule has 0 aliphatic carbocycles. The lowest BCUT2D eigenvalue weighted by Gasteiger charge is -2.25. The largest absolute Gasteiger partial charge is 0.494 e. The van der Waals surface area contributed by atoms with Crippen LogP contribution in [-0.2, 0) is 24.3 Å². The molecular weight excluding hydrogens is 349 g/mol. The van der Waals surface area contributed by atoms with Gasteiger partial charge in [-0.25, -0.2) is 4.39 Å². The molecule has 1 atom stereocenters. The number of aryl methyl sites for hydroxylation is 1. The number of likely N-dealkylation sites (tertiary alicyclic amines) is 1. The predicted octanol–water partition coefficient (Wildman–Crippen LogP) is 3.10. The number of hydrogen-bond acceptors (Lipinski definition) is 4. The van der Waals surface area contributed by atoms with Crippen molar-refractivity contribution >= 4 is 5.91 Å². The van der Waals surface area contributed by atoms with Crippen LogP contribution in [0.3, 0.4) is 0 Å². The van der Waals surface area contributed by atoms with Crippen molar-refractivity contribution in [3.8, 4) is 5.75 Å². The number of aromatic nitrogens is 2. The van der Waals surface area contributed by atoms with E-state index in [0.29, 0.717) is 25.3 Å². The van der Waals surface area contributed by atoms with Gasteiger partial charge in [0, 0.05) is 36.3 Å². The summed E-state index contributed by atoms with van der Waals surface area (Å²) in [6, 6.07) is 4.27. The fourth-order valence-corrected chi connectivity index (χ4v) is 4.12. The minimum Gasteiger partial charge on any atom is -0.494 e. The Balaban J connectivity index is 1.66. The van der Waals surface area contributed by atoms with Crippen LogP contribution in [0.15, 0.2) is 18.2 Å². The van der Waals surface area contributed by atoms with E-state index in [2.05, 4.69) is 6.92 Å². The minimum absolute atomic E-state index is 0.0917. The van der Waals surface area contributed by atoms with Crippen molar-refractivity contribution in [2.24, 2.45) is 0 Å². The lowest BCUT2D eigenvalue weighted by Crippen LogP contribution is -2.31. The Labute approximate surface area is 157 Å². The maximum Gasteiger partial charge on any atom is 0.254 e. The van der Waals surface area contributed by atoms with Crippen LogP contribution in [0.25, 0.3) is 0 Å². The molecule has 0 saturated carbocycles. The molecule has 27 heavy (non-hydrogen) atoms. The van der Waals surface area contributed by atoms with Crippen LogP contribution in [0.2, 0.25) is 0 Å². The van der Waals surface area contributed by atoms with Crippen molar-refractivity contribution in [1.29, 1.82) is 0 Å². The minimum atomic E-state index is -0.528. The molecule has 4 rings (SSSR count). The highest BCUT2D eigenvalue weighted by atomic mass is 19.1. The lowest BCUT2D eigenvalue weighted by atomic mass is 10.0. The third kappa shape index (κ3) is 3.10. The van der Waals surface area contributed by atoms with E-state index in [-0.39, 0.29) is 17.7 Å². The molecule has 0 N–H and O–H groups in total. The monoisotopic (exact) mass is 373 g/mol. The highest BCUT2D eigenvalue weighted by Gasteiger charge is 2.36. The number of hydrogen-bond donors (Lipinski definition) is 0. The highest BCUT2D eigenvalue weighted by molar-refractivity contribution is 5.94. The molecule has 7 heteroatoms. The summed E-state index contributed by atoms with van der Waals surface area (Å²) < 4.78 is 26.7. The number of carbonyl (C=O) groups is 1. The summed E-state index contributed by atoms with van der Waals surface area (Å²) in [4.78, 5) is 14.9. The zero-order valence-electron chi connectivity index (χ0n) is 15.7. The number of ether oxygens (including phenoxy) is 2. The van der Waals surface area contributed by atoms with E-state index >= 15 is 0 Å². The van der Waals surface area contributed by atoms with Crippen LogP contribution >= 0.6 is 0 Å². The van der Waals surface area contributed by atoms with E-state index in [9.17, 15) is 9.18 Å². The number of fused-ring (bicyclic) bond motifs is 1. The topological polar surface area (TPSA) is 56.6 Å². The van der Waals surface area contributed by atoms with Gasteiger partial charge in [0.25, 0.3) is 5.91 Å². The van der Waals surface area contributed by atoms with Crippen LogP contribution in [-0.4, -0.2) is 40.8 Å². The van der Waals surface area contributed by atoms with Crippen LogP contribution in [0.1, 0.15) is 53.1 Å². The van der Waals surface area contributed by atoms with Crippen molar-refractivity contribution in [1.82, 2.24) is 14.7 Å². The zero-order chi connectivity index (χ0) is 19.0. The molecule has 2 aliphatic rings. The number of rotatable bonds is 4. The summed E-state index contributed by atoms with van der Waals surface area (Å²) in [5.41, 5.74) is 3.61. The third-order valence-electron chi connectivity index (χ3n) is 5.45. The van der Waals surface area contributed by atoms with Gasteiger partial charge in [-0.1, -0.05) is 0 Å². The Morgan fingerprint density at radius 3 is 3.04 bits per heavy atom. The molecule has 1 aromatic heterocycles. The normalized spacial score (nSPS) is 19.2. The molecule has 2 aromatic rings. The van der Waals surface area contributed by atoms with Crippen molar-refractivity contribution in [2.75, 3.05) is 20.3 Å². The summed E-state index contributed by atoms with van der Waals surface area (Å²) >= 11 is 0. The van der Waals surface area contributed by atoms with Crippen molar-refractivity contribution in [2.45, 2.75) is 45.4 Å². The second-order valence-corrected chi connectivity index (χ2v) is 6.93. The molecular formula is C20H24FN3O3. The fraction of sp³-hybridized carbons (Fsp3) is 0.500. The maximum atomic E-state index is 14.1. The molecule has 1 fully saturated rings. The average molecular weight is 373 g/mol. The second kappa shape index (κ2) is 7.31. The molecule has 6 nitrogen and oxygen atoms in total.